The molecule has 0 atom stereocenters. The van der Waals surface area contributed by atoms with Crippen molar-refractivity contribution in [2.75, 3.05) is 25.5 Å². The Morgan fingerprint density at radius 2 is 1.85 bits per heavy atom. The Hall–Kier alpha value is -2.75. The predicted molar refractivity (Wildman–Crippen MR) is 131 cm³/mol. The lowest BCUT2D eigenvalue weighted by molar-refractivity contribution is 0.102. The van der Waals surface area contributed by atoms with Gasteiger partial charge in [0.15, 0.2) is 5.13 Å². The van der Waals surface area contributed by atoms with E-state index in [1.54, 1.807) is 26.2 Å². The van der Waals surface area contributed by atoms with Crippen LogP contribution in [0, 0.1) is 13.8 Å². The maximum atomic E-state index is 13.1. The van der Waals surface area contributed by atoms with Crippen molar-refractivity contribution in [3.63, 3.8) is 0 Å². The quantitative estimate of drug-likeness (QED) is 0.539. The molecule has 0 spiro atoms. The van der Waals surface area contributed by atoms with Crippen molar-refractivity contribution in [3.8, 4) is 17.0 Å². The number of anilines is 1. The van der Waals surface area contributed by atoms with Crippen molar-refractivity contribution in [2.45, 2.75) is 38.0 Å². The highest BCUT2D eigenvalue weighted by atomic mass is 32.2. The van der Waals surface area contributed by atoms with Crippen molar-refractivity contribution >= 4 is 32.4 Å². The molecule has 1 aliphatic heterocycles. The zero-order valence-corrected chi connectivity index (χ0v) is 20.6. The van der Waals surface area contributed by atoms with Crippen molar-refractivity contribution in [3.05, 3.63) is 58.5 Å². The van der Waals surface area contributed by atoms with Crippen LogP contribution < -0.4 is 10.1 Å². The Balaban J connectivity index is 1.57. The molecular weight excluding hydrogens is 458 g/mol. The number of carbonyl (C=O) groups excluding carboxylic acids is 1. The number of carbonyl (C=O) groups is 1. The second kappa shape index (κ2) is 9.62. The highest BCUT2D eigenvalue weighted by molar-refractivity contribution is 7.89. The second-order valence-electron chi connectivity index (χ2n) is 8.14. The lowest BCUT2D eigenvalue weighted by Crippen LogP contribution is -2.35. The minimum atomic E-state index is -3.62. The summed E-state index contributed by atoms with van der Waals surface area (Å²) in [6, 6.07) is 10.6. The summed E-state index contributed by atoms with van der Waals surface area (Å²) in [5, 5.41) is 5.11. The number of thiazole rings is 1. The Morgan fingerprint density at radius 3 is 2.58 bits per heavy atom. The van der Waals surface area contributed by atoms with Crippen LogP contribution >= 0.6 is 11.3 Å². The number of nitrogens with zero attached hydrogens (tertiary/aromatic N) is 2. The summed E-state index contributed by atoms with van der Waals surface area (Å²) in [5.74, 6) is 0.315. The first kappa shape index (κ1) is 23.4. The van der Waals surface area contributed by atoms with Crippen LogP contribution in [0.15, 0.2) is 46.7 Å². The zero-order chi connectivity index (χ0) is 23.6. The second-order valence-corrected chi connectivity index (χ2v) is 10.9. The van der Waals surface area contributed by atoms with Crippen LogP contribution in [0.3, 0.4) is 0 Å². The van der Waals surface area contributed by atoms with Crippen LogP contribution in [-0.2, 0) is 10.0 Å². The minimum Gasteiger partial charge on any atom is -0.496 e. The third-order valence-electron chi connectivity index (χ3n) is 5.76. The van der Waals surface area contributed by atoms with Gasteiger partial charge in [-0.05, 0) is 56.5 Å². The van der Waals surface area contributed by atoms with Gasteiger partial charge in [0, 0.05) is 29.6 Å². The molecule has 1 saturated heterocycles. The van der Waals surface area contributed by atoms with Crippen LogP contribution in [-0.4, -0.2) is 43.8 Å². The zero-order valence-electron chi connectivity index (χ0n) is 18.9. The lowest BCUT2D eigenvalue weighted by Gasteiger charge is -2.26. The molecule has 0 aliphatic carbocycles. The highest BCUT2D eigenvalue weighted by Gasteiger charge is 2.27. The number of sulfonamides is 1. The van der Waals surface area contributed by atoms with E-state index in [1.807, 2.05) is 30.5 Å². The fourth-order valence-corrected chi connectivity index (χ4v) is 6.15. The lowest BCUT2D eigenvalue weighted by atomic mass is 10.1. The number of aromatic nitrogens is 1. The van der Waals surface area contributed by atoms with E-state index in [4.69, 9.17) is 4.74 Å². The number of piperidine rings is 1. The van der Waals surface area contributed by atoms with Gasteiger partial charge >= 0.3 is 0 Å². The standard InChI is InChI=1S/C24H27N3O4S2/c1-16-7-10-22(31-3)20(13-16)21-15-32-24(25-21)26-23(28)19-14-18(9-8-17(19)2)33(29,30)27-11-5-4-6-12-27/h7-10,13-15H,4-6,11-12H2,1-3H3,(H,25,26,28). The van der Waals surface area contributed by atoms with Crippen LogP contribution in [0.1, 0.15) is 40.7 Å². The molecule has 0 unspecified atom stereocenters. The highest BCUT2D eigenvalue weighted by Crippen LogP contribution is 2.33. The van der Waals surface area contributed by atoms with E-state index in [-0.39, 0.29) is 10.8 Å². The number of hydrogen-bond donors (Lipinski definition) is 1. The van der Waals surface area contributed by atoms with E-state index in [0.717, 1.165) is 30.4 Å². The third-order valence-corrected chi connectivity index (χ3v) is 8.41. The van der Waals surface area contributed by atoms with E-state index in [2.05, 4.69) is 10.3 Å². The van der Waals surface area contributed by atoms with E-state index in [0.29, 0.717) is 40.8 Å². The Morgan fingerprint density at radius 1 is 1.09 bits per heavy atom. The summed E-state index contributed by atoms with van der Waals surface area (Å²) in [6.07, 6.45) is 2.75. The predicted octanol–water partition coefficient (Wildman–Crippen LogP) is 4.86. The molecule has 1 N–H and O–H groups in total. The molecule has 33 heavy (non-hydrogen) atoms. The number of aryl methyl sites for hydroxylation is 2. The van der Waals surface area contributed by atoms with E-state index in [1.165, 1.54) is 21.7 Å². The smallest absolute Gasteiger partial charge is 0.257 e. The molecule has 1 aromatic heterocycles. The summed E-state index contributed by atoms with van der Waals surface area (Å²) in [6.45, 7) is 4.81. The van der Waals surface area contributed by atoms with Gasteiger partial charge in [-0.25, -0.2) is 13.4 Å². The molecule has 1 fully saturated rings. The molecule has 174 valence electrons. The summed E-state index contributed by atoms with van der Waals surface area (Å²) < 4.78 is 33.1. The molecule has 1 amide bonds. The van der Waals surface area contributed by atoms with Crippen LogP contribution in [0.4, 0.5) is 5.13 Å². The summed E-state index contributed by atoms with van der Waals surface area (Å²) in [4.78, 5) is 17.7. The molecule has 0 radical (unpaired) electrons. The number of rotatable bonds is 6. The monoisotopic (exact) mass is 485 g/mol. The topological polar surface area (TPSA) is 88.6 Å². The van der Waals surface area contributed by atoms with Gasteiger partial charge in [-0.1, -0.05) is 24.1 Å². The number of hydrogen-bond acceptors (Lipinski definition) is 6. The van der Waals surface area contributed by atoms with Crippen molar-refractivity contribution < 1.29 is 17.9 Å². The SMILES string of the molecule is COc1ccc(C)cc1-c1csc(NC(=O)c2cc(S(=O)(=O)N3CCCCC3)ccc2C)n1. The first-order valence-corrected chi connectivity index (χ1v) is 13.1. The molecule has 3 aromatic rings. The third kappa shape index (κ3) is 4.95. The molecular formula is C24H27N3O4S2. The molecule has 1 aliphatic rings. The average molecular weight is 486 g/mol. The van der Waals surface area contributed by atoms with Gasteiger partial charge in [0.05, 0.1) is 17.7 Å². The normalized spacial score (nSPS) is 14.8. The molecule has 2 heterocycles. The van der Waals surface area contributed by atoms with Crippen LogP contribution in [0.2, 0.25) is 0 Å². The molecule has 7 nitrogen and oxygen atoms in total. The molecule has 2 aromatic carbocycles. The first-order valence-electron chi connectivity index (χ1n) is 10.8. The van der Waals surface area contributed by atoms with Gasteiger partial charge in [0.25, 0.3) is 5.91 Å². The molecule has 0 bridgehead atoms. The maximum Gasteiger partial charge on any atom is 0.257 e. The van der Waals surface area contributed by atoms with Crippen molar-refractivity contribution in [1.29, 1.82) is 0 Å². The molecule has 0 saturated carbocycles. The number of nitrogens with one attached hydrogen (secondary N) is 1. The number of methoxy groups -OCH3 is 1. The van der Waals surface area contributed by atoms with E-state index < -0.39 is 10.0 Å². The van der Waals surface area contributed by atoms with Gasteiger partial charge in [0.2, 0.25) is 10.0 Å². The van der Waals surface area contributed by atoms with Crippen LogP contribution in [0.25, 0.3) is 11.3 Å². The number of ether oxygens (including phenoxy) is 1. The van der Waals surface area contributed by atoms with E-state index >= 15 is 0 Å². The Kier molecular flexibility index (Phi) is 6.83. The van der Waals surface area contributed by atoms with Gasteiger partial charge in [-0.15, -0.1) is 11.3 Å². The first-order chi connectivity index (χ1) is 15.8. The molecule has 4 rings (SSSR count). The van der Waals surface area contributed by atoms with Gasteiger partial charge in [-0.3, -0.25) is 10.1 Å². The summed E-state index contributed by atoms with van der Waals surface area (Å²) >= 11 is 1.31. The number of benzene rings is 2. The van der Waals surface area contributed by atoms with Gasteiger partial charge < -0.3 is 4.74 Å². The van der Waals surface area contributed by atoms with E-state index in [9.17, 15) is 13.2 Å². The fourth-order valence-electron chi connectivity index (χ4n) is 3.90. The summed E-state index contributed by atoms with van der Waals surface area (Å²) in [5.41, 5.74) is 3.64. The maximum absolute atomic E-state index is 13.1. The van der Waals surface area contributed by atoms with Crippen molar-refractivity contribution in [2.24, 2.45) is 0 Å². The summed E-state index contributed by atoms with van der Waals surface area (Å²) in [7, 11) is -2.02. The largest absolute Gasteiger partial charge is 0.496 e. The molecule has 9 heteroatoms. The van der Waals surface area contributed by atoms with Crippen molar-refractivity contribution in [1.82, 2.24) is 9.29 Å². The fraction of sp³-hybridized carbons (Fsp3) is 0.333. The van der Waals surface area contributed by atoms with Gasteiger partial charge in [0.1, 0.15) is 5.75 Å². The Bertz CT molecular complexity index is 1280. The minimum absolute atomic E-state index is 0.143. The number of amides is 1. The average Bonchev–Trinajstić information content (AvgIpc) is 3.28. The van der Waals surface area contributed by atoms with Crippen LogP contribution in [0.5, 0.6) is 5.75 Å². The Labute approximate surface area is 198 Å². The van der Waals surface area contributed by atoms with Gasteiger partial charge in [-0.2, -0.15) is 4.31 Å².